The smallest absolute Gasteiger partial charge is 0.256 e. The minimum absolute atomic E-state index is 0.00471. The van der Waals surface area contributed by atoms with Crippen molar-refractivity contribution in [2.75, 3.05) is 6.54 Å². The van der Waals surface area contributed by atoms with Crippen LogP contribution in [0.3, 0.4) is 0 Å². The van der Waals surface area contributed by atoms with Gasteiger partial charge in [-0.1, -0.05) is 40.0 Å². The molecule has 0 radical (unpaired) electrons. The standard InChI is InChI=1S/C21H33N3O4/c1-4-16(25)10-22-20(27)17-12-24(11-14(2)3)13-18(19(17)26)21(28)23-15-8-6-5-7-9-15/h12-16,25H,4-11H2,1-3H3,(H,22,27)(H,23,28)/t16-/m1/s1. The number of aliphatic hydroxyl groups is 1. The molecule has 0 aromatic carbocycles. The Morgan fingerprint density at radius 3 is 2.32 bits per heavy atom. The van der Waals surface area contributed by atoms with Gasteiger partial charge in [0.25, 0.3) is 11.8 Å². The second-order valence-electron chi connectivity index (χ2n) is 8.09. The van der Waals surface area contributed by atoms with Crippen molar-refractivity contribution in [3.05, 3.63) is 33.7 Å². The number of aromatic nitrogens is 1. The molecule has 28 heavy (non-hydrogen) atoms. The van der Waals surface area contributed by atoms with Crippen LogP contribution in [0.15, 0.2) is 17.2 Å². The fourth-order valence-corrected chi connectivity index (χ4v) is 3.44. The van der Waals surface area contributed by atoms with Crippen LogP contribution in [0.4, 0.5) is 0 Å². The number of amides is 2. The molecule has 1 fully saturated rings. The molecule has 2 amide bonds. The van der Waals surface area contributed by atoms with E-state index in [1.165, 1.54) is 18.8 Å². The van der Waals surface area contributed by atoms with Crippen molar-refractivity contribution in [1.29, 1.82) is 0 Å². The monoisotopic (exact) mass is 391 g/mol. The summed E-state index contributed by atoms with van der Waals surface area (Å²) in [5.41, 5.74) is -0.646. The van der Waals surface area contributed by atoms with E-state index in [1.54, 1.807) is 4.57 Å². The molecule has 0 saturated heterocycles. The van der Waals surface area contributed by atoms with Crippen molar-refractivity contribution in [3.63, 3.8) is 0 Å². The molecule has 1 heterocycles. The Morgan fingerprint density at radius 1 is 1.14 bits per heavy atom. The highest BCUT2D eigenvalue weighted by Gasteiger charge is 2.22. The Bertz CT molecular complexity index is 736. The number of carbonyl (C=O) groups is 2. The molecular formula is C21H33N3O4. The van der Waals surface area contributed by atoms with E-state index < -0.39 is 23.3 Å². The van der Waals surface area contributed by atoms with Crippen molar-refractivity contribution in [2.24, 2.45) is 5.92 Å². The molecule has 0 bridgehead atoms. The molecule has 0 unspecified atom stereocenters. The van der Waals surface area contributed by atoms with Gasteiger partial charge in [0.2, 0.25) is 5.43 Å². The van der Waals surface area contributed by atoms with E-state index in [2.05, 4.69) is 10.6 Å². The zero-order valence-electron chi connectivity index (χ0n) is 17.2. The van der Waals surface area contributed by atoms with Gasteiger partial charge in [0.1, 0.15) is 11.1 Å². The molecule has 0 spiro atoms. The molecule has 7 heteroatoms. The van der Waals surface area contributed by atoms with E-state index in [-0.39, 0.29) is 29.6 Å². The van der Waals surface area contributed by atoms with Gasteiger partial charge in [-0.2, -0.15) is 0 Å². The largest absolute Gasteiger partial charge is 0.391 e. The van der Waals surface area contributed by atoms with Crippen LogP contribution >= 0.6 is 0 Å². The summed E-state index contributed by atoms with van der Waals surface area (Å²) in [5, 5.41) is 15.2. The third kappa shape index (κ3) is 6.19. The lowest BCUT2D eigenvalue weighted by Crippen LogP contribution is -2.41. The number of hydrogen-bond donors (Lipinski definition) is 3. The molecule has 2 rings (SSSR count). The quantitative estimate of drug-likeness (QED) is 0.631. The molecule has 1 saturated carbocycles. The van der Waals surface area contributed by atoms with Gasteiger partial charge in [-0.3, -0.25) is 14.4 Å². The van der Waals surface area contributed by atoms with E-state index in [4.69, 9.17) is 0 Å². The van der Waals surface area contributed by atoms with Gasteiger partial charge in [0.05, 0.1) is 6.10 Å². The Hall–Kier alpha value is -2.15. The third-order valence-electron chi connectivity index (χ3n) is 5.05. The van der Waals surface area contributed by atoms with Crippen molar-refractivity contribution < 1.29 is 14.7 Å². The van der Waals surface area contributed by atoms with Crippen LogP contribution in [-0.4, -0.2) is 40.2 Å². The fraction of sp³-hybridized carbons (Fsp3) is 0.667. The van der Waals surface area contributed by atoms with Crippen LogP contribution in [0.25, 0.3) is 0 Å². The lowest BCUT2D eigenvalue weighted by molar-refractivity contribution is 0.0911. The first-order valence-corrected chi connectivity index (χ1v) is 10.3. The van der Waals surface area contributed by atoms with Crippen LogP contribution in [0, 0.1) is 5.92 Å². The lowest BCUT2D eigenvalue weighted by Gasteiger charge is -2.23. The summed E-state index contributed by atoms with van der Waals surface area (Å²) in [4.78, 5) is 38.1. The molecule has 0 aliphatic heterocycles. The normalized spacial score (nSPS) is 16.0. The Labute approximate surface area is 166 Å². The maximum Gasteiger partial charge on any atom is 0.256 e. The number of hydrogen-bond acceptors (Lipinski definition) is 4. The molecule has 1 atom stereocenters. The summed E-state index contributed by atoms with van der Waals surface area (Å²) >= 11 is 0. The zero-order valence-corrected chi connectivity index (χ0v) is 17.2. The van der Waals surface area contributed by atoms with Crippen LogP contribution < -0.4 is 16.1 Å². The van der Waals surface area contributed by atoms with Crippen LogP contribution in [0.2, 0.25) is 0 Å². The number of carbonyl (C=O) groups excluding carboxylic acids is 2. The molecule has 1 aromatic heterocycles. The third-order valence-corrected chi connectivity index (χ3v) is 5.05. The maximum absolute atomic E-state index is 12.8. The minimum Gasteiger partial charge on any atom is -0.391 e. The van der Waals surface area contributed by atoms with Gasteiger partial charge < -0.3 is 20.3 Å². The predicted octanol–water partition coefficient (Wildman–Crippen LogP) is 2.07. The van der Waals surface area contributed by atoms with E-state index in [9.17, 15) is 19.5 Å². The van der Waals surface area contributed by atoms with Crippen LogP contribution in [0.1, 0.15) is 80.0 Å². The van der Waals surface area contributed by atoms with Gasteiger partial charge in [-0.25, -0.2) is 0 Å². The summed E-state index contributed by atoms with van der Waals surface area (Å²) in [6.45, 7) is 6.51. The number of rotatable bonds is 8. The molecule has 156 valence electrons. The summed E-state index contributed by atoms with van der Waals surface area (Å²) in [6.07, 6.45) is 8.02. The van der Waals surface area contributed by atoms with E-state index >= 15 is 0 Å². The summed E-state index contributed by atoms with van der Waals surface area (Å²) in [5.74, 6) is -0.699. The lowest BCUT2D eigenvalue weighted by atomic mass is 9.95. The molecular weight excluding hydrogens is 358 g/mol. The van der Waals surface area contributed by atoms with E-state index in [0.29, 0.717) is 13.0 Å². The zero-order chi connectivity index (χ0) is 20.7. The number of aliphatic hydroxyl groups excluding tert-OH is 1. The Morgan fingerprint density at radius 2 is 1.75 bits per heavy atom. The Kier molecular flexibility index (Phi) is 8.23. The average molecular weight is 392 g/mol. The van der Waals surface area contributed by atoms with Crippen molar-refractivity contribution in [2.45, 2.75) is 78.0 Å². The van der Waals surface area contributed by atoms with Crippen molar-refractivity contribution in [1.82, 2.24) is 15.2 Å². The first kappa shape index (κ1) is 22.1. The summed E-state index contributed by atoms with van der Waals surface area (Å²) < 4.78 is 1.73. The molecule has 1 aliphatic rings. The van der Waals surface area contributed by atoms with Crippen LogP contribution in [0.5, 0.6) is 0 Å². The van der Waals surface area contributed by atoms with E-state index in [1.807, 2.05) is 20.8 Å². The van der Waals surface area contributed by atoms with Gasteiger partial charge >= 0.3 is 0 Å². The van der Waals surface area contributed by atoms with Gasteiger partial charge in [0.15, 0.2) is 0 Å². The second kappa shape index (κ2) is 10.4. The highest BCUT2D eigenvalue weighted by Crippen LogP contribution is 2.17. The first-order valence-electron chi connectivity index (χ1n) is 10.3. The van der Waals surface area contributed by atoms with Gasteiger partial charge in [-0.05, 0) is 25.2 Å². The highest BCUT2D eigenvalue weighted by atomic mass is 16.3. The molecule has 3 N–H and O–H groups in total. The number of pyridine rings is 1. The summed E-state index contributed by atoms with van der Waals surface area (Å²) in [7, 11) is 0. The van der Waals surface area contributed by atoms with E-state index in [0.717, 1.165) is 25.7 Å². The van der Waals surface area contributed by atoms with Gasteiger partial charge in [-0.15, -0.1) is 0 Å². The van der Waals surface area contributed by atoms with Crippen molar-refractivity contribution >= 4 is 11.8 Å². The number of nitrogens with one attached hydrogen (secondary N) is 2. The molecule has 1 aliphatic carbocycles. The average Bonchev–Trinajstić information content (AvgIpc) is 2.67. The number of nitrogens with zero attached hydrogens (tertiary/aromatic N) is 1. The molecule has 7 nitrogen and oxygen atoms in total. The maximum atomic E-state index is 12.8. The SMILES string of the molecule is CC[C@@H](O)CNC(=O)c1cn(CC(C)C)cc(C(=O)NC2CCCCC2)c1=O. The molecule has 1 aromatic rings. The second-order valence-corrected chi connectivity index (χ2v) is 8.09. The Balaban J connectivity index is 2.28. The van der Waals surface area contributed by atoms with Crippen molar-refractivity contribution in [3.8, 4) is 0 Å². The van der Waals surface area contributed by atoms with Gasteiger partial charge in [0, 0.05) is 31.5 Å². The first-order chi connectivity index (χ1) is 13.3. The minimum atomic E-state index is -0.667. The fourth-order valence-electron chi connectivity index (χ4n) is 3.44. The highest BCUT2D eigenvalue weighted by molar-refractivity contribution is 5.99. The summed E-state index contributed by atoms with van der Waals surface area (Å²) in [6, 6.07) is 0.0800. The van der Waals surface area contributed by atoms with Crippen LogP contribution in [-0.2, 0) is 6.54 Å². The predicted molar refractivity (Wildman–Crippen MR) is 109 cm³/mol. The topological polar surface area (TPSA) is 100 Å².